The van der Waals surface area contributed by atoms with E-state index in [-0.39, 0.29) is 11.3 Å². The average Bonchev–Trinajstić information content (AvgIpc) is 3.31. The van der Waals surface area contributed by atoms with Crippen LogP contribution in [0.15, 0.2) is 24.3 Å². The third kappa shape index (κ3) is 3.27. The third-order valence-corrected chi connectivity index (χ3v) is 4.61. The van der Waals surface area contributed by atoms with Gasteiger partial charge in [-0.2, -0.15) is 0 Å². The number of rotatable bonds is 5. The minimum atomic E-state index is -0.251. The smallest absolute Gasteiger partial charge is 0.230 e. The minimum absolute atomic E-state index is 0.194. The van der Waals surface area contributed by atoms with Crippen molar-refractivity contribution >= 4 is 5.91 Å². The van der Waals surface area contributed by atoms with E-state index in [4.69, 9.17) is 4.74 Å². The number of ether oxygens (including phenoxy) is 1. The van der Waals surface area contributed by atoms with E-state index in [1.165, 1.54) is 5.56 Å². The molecule has 0 spiro atoms. The highest BCUT2D eigenvalue weighted by molar-refractivity contribution is 5.91. The molecule has 1 aliphatic heterocycles. The largest absolute Gasteiger partial charge is 0.379 e. The number of nitrogens with one attached hydrogen (secondary N) is 1. The summed E-state index contributed by atoms with van der Waals surface area (Å²) in [5, 5.41) is 3.12. The first-order chi connectivity index (χ1) is 10.2. The monoisotopic (exact) mass is 288 g/mol. The Kier molecular flexibility index (Phi) is 4.27. The van der Waals surface area contributed by atoms with E-state index in [0.717, 1.165) is 57.8 Å². The number of aryl methyl sites for hydroxylation is 1. The average molecular weight is 288 g/mol. The Morgan fingerprint density at radius 3 is 2.52 bits per heavy atom. The molecule has 0 atom stereocenters. The molecule has 1 heterocycles. The number of morpholine rings is 1. The van der Waals surface area contributed by atoms with Crippen LogP contribution in [0.25, 0.3) is 0 Å². The van der Waals surface area contributed by atoms with Crippen LogP contribution in [-0.4, -0.2) is 50.2 Å². The second-order valence-electron chi connectivity index (χ2n) is 6.16. The lowest BCUT2D eigenvalue weighted by molar-refractivity contribution is -0.123. The van der Waals surface area contributed by atoms with Crippen LogP contribution in [0, 0.1) is 6.92 Å². The van der Waals surface area contributed by atoms with E-state index >= 15 is 0 Å². The number of carbonyl (C=O) groups is 1. The lowest BCUT2D eigenvalue weighted by atomic mass is 9.94. The van der Waals surface area contributed by atoms with Crippen LogP contribution < -0.4 is 5.32 Å². The predicted octanol–water partition coefficient (Wildman–Crippen LogP) is 1.48. The summed E-state index contributed by atoms with van der Waals surface area (Å²) in [5.41, 5.74) is 2.15. The molecule has 2 fully saturated rings. The van der Waals surface area contributed by atoms with Crippen LogP contribution in [0.4, 0.5) is 0 Å². The summed E-state index contributed by atoms with van der Waals surface area (Å²) in [6, 6.07) is 8.39. The molecule has 0 radical (unpaired) electrons. The van der Waals surface area contributed by atoms with Crippen LogP contribution in [-0.2, 0) is 14.9 Å². The zero-order valence-electron chi connectivity index (χ0n) is 12.7. The van der Waals surface area contributed by atoms with Crippen molar-refractivity contribution in [1.29, 1.82) is 0 Å². The van der Waals surface area contributed by atoms with Gasteiger partial charge in [-0.25, -0.2) is 0 Å². The quantitative estimate of drug-likeness (QED) is 0.892. The van der Waals surface area contributed by atoms with Gasteiger partial charge >= 0.3 is 0 Å². The van der Waals surface area contributed by atoms with Gasteiger partial charge in [-0.1, -0.05) is 29.8 Å². The summed E-state index contributed by atoms with van der Waals surface area (Å²) in [5.74, 6) is 0.194. The third-order valence-electron chi connectivity index (χ3n) is 4.61. The van der Waals surface area contributed by atoms with Gasteiger partial charge in [-0.3, -0.25) is 9.69 Å². The van der Waals surface area contributed by atoms with E-state index in [1.807, 2.05) is 0 Å². The van der Waals surface area contributed by atoms with Crippen LogP contribution in [0.1, 0.15) is 24.0 Å². The summed E-state index contributed by atoms with van der Waals surface area (Å²) < 4.78 is 5.33. The molecule has 4 nitrogen and oxygen atoms in total. The lowest BCUT2D eigenvalue weighted by Gasteiger charge is -2.27. The fourth-order valence-electron chi connectivity index (χ4n) is 2.97. The molecule has 1 saturated heterocycles. The van der Waals surface area contributed by atoms with Gasteiger partial charge in [0, 0.05) is 26.2 Å². The van der Waals surface area contributed by atoms with E-state index in [2.05, 4.69) is 41.4 Å². The number of amides is 1. The number of hydrogen-bond donors (Lipinski definition) is 1. The molecule has 0 unspecified atom stereocenters. The first-order valence-corrected chi connectivity index (χ1v) is 7.86. The van der Waals surface area contributed by atoms with E-state index in [9.17, 15) is 4.79 Å². The van der Waals surface area contributed by atoms with Crippen LogP contribution in [0.3, 0.4) is 0 Å². The van der Waals surface area contributed by atoms with Crippen LogP contribution >= 0.6 is 0 Å². The maximum atomic E-state index is 12.5. The fraction of sp³-hybridized carbons (Fsp3) is 0.588. The summed E-state index contributed by atoms with van der Waals surface area (Å²) in [4.78, 5) is 14.8. The van der Waals surface area contributed by atoms with Crippen molar-refractivity contribution in [2.24, 2.45) is 0 Å². The van der Waals surface area contributed by atoms with E-state index < -0.39 is 0 Å². The first-order valence-electron chi connectivity index (χ1n) is 7.86. The molecule has 1 aromatic carbocycles. The van der Waals surface area contributed by atoms with Crippen molar-refractivity contribution in [2.45, 2.75) is 25.2 Å². The second kappa shape index (κ2) is 6.16. The molecule has 1 aromatic rings. The Balaban J connectivity index is 1.51. The topological polar surface area (TPSA) is 41.6 Å². The molecule has 1 amide bonds. The minimum Gasteiger partial charge on any atom is -0.379 e. The Hall–Kier alpha value is -1.39. The lowest BCUT2D eigenvalue weighted by Crippen LogP contribution is -2.43. The van der Waals surface area contributed by atoms with Crippen LogP contribution in [0.2, 0.25) is 0 Å². The van der Waals surface area contributed by atoms with Crippen molar-refractivity contribution < 1.29 is 9.53 Å². The second-order valence-corrected chi connectivity index (χ2v) is 6.16. The maximum Gasteiger partial charge on any atom is 0.230 e. The molecule has 21 heavy (non-hydrogen) atoms. The van der Waals surface area contributed by atoms with E-state index in [1.54, 1.807) is 0 Å². The molecule has 1 saturated carbocycles. The summed E-state index contributed by atoms with van der Waals surface area (Å²) in [6.07, 6.45) is 1.94. The fourth-order valence-corrected chi connectivity index (χ4v) is 2.97. The Morgan fingerprint density at radius 1 is 1.24 bits per heavy atom. The number of nitrogens with zero attached hydrogens (tertiary/aromatic N) is 1. The van der Waals surface area contributed by atoms with Gasteiger partial charge in [0.15, 0.2) is 0 Å². The standard InChI is InChI=1S/C17H24N2O2/c1-14-2-4-15(5-3-14)17(6-7-17)16(20)18-8-9-19-10-12-21-13-11-19/h2-5H,6-13H2,1H3,(H,18,20). The Labute approximate surface area is 126 Å². The summed E-state index contributed by atoms with van der Waals surface area (Å²) >= 11 is 0. The molecule has 2 aliphatic rings. The van der Waals surface area contributed by atoms with Crippen molar-refractivity contribution in [3.8, 4) is 0 Å². The van der Waals surface area contributed by atoms with Crippen molar-refractivity contribution in [3.05, 3.63) is 35.4 Å². The first kappa shape index (κ1) is 14.5. The highest BCUT2D eigenvalue weighted by atomic mass is 16.5. The summed E-state index contributed by atoms with van der Waals surface area (Å²) in [6.45, 7) is 7.28. The van der Waals surface area contributed by atoms with Crippen molar-refractivity contribution in [1.82, 2.24) is 10.2 Å². The number of benzene rings is 1. The highest BCUT2D eigenvalue weighted by Gasteiger charge is 2.50. The van der Waals surface area contributed by atoms with Gasteiger partial charge in [0.1, 0.15) is 0 Å². The maximum absolute atomic E-state index is 12.5. The zero-order chi connectivity index (χ0) is 14.7. The number of hydrogen-bond acceptors (Lipinski definition) is 3. The van der Waals surface area contributed by atoms with Gasteiger partial charge in [0.25, 0.3) is 0 Å². The Bertz CT molecular complexity index is 488. The van der Waals surface area contributed by atoms with E-state index in [0.29, 0.717) is 0 Å². The van der Waals surface area contributed by atoms with Gasteiger partial charge in [-0.15, -0.1) is 0 Å². The van der Waals surface area contributed by atoms with Gasteiger partial charge in [-0.05, 0) is 25.3 Å². The Morgan fingerprint density at radius 2 is 1.90 bits per heavy atom. The van der Waals surface area contributed by atoms with Gasteiger partial charge < -0.3 is 10.1 Å². The zero-order valence-corrected chi connectivity index (χ0v) is 12.7. The highest BCUT2D eigenvalue weighted by Crippen LogP contribution is 2.48. The molecular weight excluding hydrogens is 264 g/mol. The molecule has 1 N–H and O–H groups in total. The van der Waals surface area contributed by atoms with Gasteiger partial charge in [0.2, 0.25) is 5.91 Å². The normalized spacial score (nSPS) is 21.0. The SMILES string of the molecule is Cc1ccc(C2(C(=O)NCCN3CCOCC3)CC2)cc1. The molecule has 4 heteroatoms. The molecule has 0 bridgehead atoms. The van der Waals surface area contributed by atoms with Crippen LogP contribution in [0.5, 0.6) is 0 Å². The van der Waals surface area contributed by atoms with Crippen molar-refractivity contribution in [3.63, 3.8) is 0 Å². The predicted molar refractivity (Wildman–Crippen MR) is 82.4 cm³/mol. The molecule has 114 valence electrons. The molecule has 3 rings (SSSR count). The van der Waals surface area contributed by atoms with Crippen molar-refractivity contribution in [2.75, 3.05) is 39.4 Å². The summed E-state index contributed by atoms with van der Waals surface area (Å²) in [7, 11) is 0. The molecule has 0 aromatic heterocycles. The van der Waals surface area contributed by atoms with Gasteiger partial charge in [0.05, 0.1) is 18.6 Å². The molecule has 1 aliphatic carbocycles. The molecular formula is C17H24N2O2. The number of carbonyl (C=O) groups excluding carboxylic acids is 1.